The first-order valence-electron chi connectivity index (χ1n) is 8.83. The van der Waals surface area contributed by atoms with E-state index in [1.54, 1.807) is 11.3 Å². The maximum atomic E-state index is 11.7. The van der Waals surface area contributed by atoms with Crippen molar-refractivity contribution in [3.8, 4) is 0 Å². The fraction of sp³-hybridized carbons (Fsp3) is 0.706. The van der Waals surface area contributed by atoms with E-state index in [4.69, 9.17) is 0 Å². The number of nitrogens with one attached hydrogen (secondary N) is 3. The SMILES string of the molecule is CCNC(=NCc1nc(C)c(C)s1)NCCCNC(=O)C1CCC1.I. The Morgan fingerprint density at radius 1 is 1.24 bits per heavy atom. The van der Waals surface area contributed by atoms with Crippen LogP contribution in [0.3, 0.4) is 0 Å². The van der Waals surface area contributed by atoms with Crippen molar-refractivity contribution in [2.75, 3.05) is 19.6 Å². The minimum absolute atomic E-state index is 0. The lowest BCUT2D eigenvalue weighted by atomic mass is 9.85. The molecule has 1 amide bonds. The molecule has 2 rings (SSSR count). The summed E-state index contributed by atoms with van der Waals surface area (Å²) in [6.45, 7) is 9.07. The van der Waals surface area contributed by atoms with Crippen molar-refractivity contribution in [3.63, 3.8) is 0 Å². The number of nitrogens with zero attached hydrogens (tertiary/aromatic N) is 2. The zero-order chi connectivity index (χ0) is 17.4. The molecular formula is C17H30IN5OS. The fourth-order valence-electron chi connectivity index (χ4n) is 2.42. The van der Waals surface area contributed by atoms with Crippen molar-refractivity contribution in [3.05, 3.63) is 15.6 Å². The van der Waals surface area contributed by atoms with Crippen LogP contribution >= 0.6 is 35.3 Å². The van der Waals surface area contributed by atoms with Crippen LogP contribution in [0.4, 0.5) is 0 Å². The van der Waals surface area contributed by atoms with Gasteiger partial charge in [-0.05, 0) is 40.0 Å². The highest BCUT2D eigenvalue weighted by atomic mass is 127. The van der Waals surface area contributed by atoms with Gasteiger partial charge in [0.2, 0.25) is 5.91 Å². The molecule has 0 radical (unpaired) electrons. The lowest BCUT2D eigenvalue weighted by molar-refractivity contribution is -0.127. The normalized spacial score (nSPS) is 14.4. The molecule has 142 valence electrons. The van der Waals surface area contributed by atoms with Gasteiger partial charge in [0.15, 0.2) is 5.96 Å². The van der Waals surface area contributed by atoms with Crippen molar-refractivity contribution in [1.82, 2.24) is 20.9 Å². The molecule has 8 heteroatoms. The van der Waals surface area contributed by atoms with Crippen molar-refractivity contribution in [2.24, 2.45) is 10.9 Å². The number of halogens is 1. The summed E-state index contributed by atoms with van der Waals surface area (Å²) in [6.07, 6.45) is 4.19. The first-order chi connectivity index (χ1) is 11.6. The summed E-state index contributed by atoms with van der Waals surface area (Å²) in [5.74, 6) is 1.28. The fourth-order valence-corrected chi connectivity index (χ4v) is 3.28. The minimum Gasteiger partial charge on any atom is -0.357 e. The van der Waals surface area contributed by atoms with E-state index in [1.165, 1.54) is 11.3 Å². The van der Waals surface area contributed by atoms with Gasteiger partial charge >= 0.3 is 0 Å². The van der Waals surface area contributed by atoms with Crippen LogP contribution in [0.15, 0.2) is 4.99 Å². The molecule has 1 fully saturated rings. The summed E-state index contributed by atoms with van der Waals surface area (Å²) >= 11 is 1.70. The van der Waals surface area contributed by atoms with Crippen LogP contribution in [0.2, 0.25) is 0 Å². The summed E-state index contributed by atoms with van der Waals surface area (Å²) in [5, 5.41) is 10.6. The number of aryl methyl sites for hydroxylation is 2. The Bertz CT molecular complexity index is 552. The molecule has 1 aromatic rings. The molecule has 6 nitrogen and oxygen atoms in total. The number of hydrogen-bond donors (Lipinski definition) is 3. The third kappa shape index (κ3) is 7.47. The average Bonchev–Trinajstić information content (AvgIpc) is 2.81. The standard InChI is InChI=1S/C17H29N5OS.HI/c1-4-18-17(21-11-15-22-12(2)13(3)24-15)20-10-6-9-19-16(23)14-7-5-8-14;/h14H,4-11H2,1-3H3,(H,19,23)(H2,18,20,21);1H. The van der Waals surface area contributed by atoms with Crippen molar-refractivity contribution in [2.45, 2.75) is 53.0 Å². The van der Waals surface area contributed by atoms with Gasteiger partial charge in [-0.1, -0.05) is 6.42 Å². The largest absolute Gasteiger partial charge is 0.357 e. The molecule has 0 saturated heterocycles. The summed E-state index contributed by atoms with van der Waals surface area (Å²) in [4.78, 5) is 22.1. The highest BCUT2D eigenvalue weighted by Gasteiger charge is 2.24. The van der Waals surface area contributed by atoms with E-state index >= 15 is 0 Å². The van der Waals surface area contributed by atoms with E-state index in [1.807, 2.05) is 13.8 Å². The van der Waals surface area contributed by atoms with E-state index in [-0.39, 0.29) is 35.8 Å². The summed E-state index contributed by atoms with van der Waals surface area (Å²) in [5.41, 5.74) is 1.09. The van der Waals surface area contributed by atoms with Crippen molar-refractivity contribution >= 4 is 47.2 Å². The van der Waals surface area contributed by atoms with E-state index < -0.39 is 0 Å². The Morgan fingerprint density at radius 3 is 2.52 bits per heavy atom. The smallest absolute Gasteiger partial charge is 0.223 e. The van der Waals surface area contributed by atoms with Crippen LogP contribution in [-0.4, -0.2) is 36.5 Å². The van der Waals surface area contributed by atoms with Crippen LogP contribution < -0.4 is 16.0 Å². The van der Waals surface area contributed by atoms with E-state index in [0.29, 0.717) is 13.1 Å². The number of aliphatic imine (C=N–C) groups is 1. The van der Waals surface area contributed by atoms with Crippen LogP contribution in [0.1, 0.15) is 48.2 Å². The van der Waals surface area contributed by atoms with Gasteiger partial charge in [-0.2, -0.15) is 0 Å². The molecule has 1 heterocycles. The zero-order valence-electron chi connectivity index (χ0n) is 15.4. The molecule has 0 atom stereocenters. The number of amides is 1. The molecule has 1 aromatic heterocycles. The Labute approximate surface area is 171 Å². The summed E-state index contributed by atoms with van der Waals surface area (Å²) < 4.78 is 0. The second-order valence-electron chi connectivity index (χ2n) is 6.14. The monoisotopic (exact) mass is 479 g/mol. The van der Waals surface area contributed by atoms with Gasteiger partial charge in [-0.3, -0.25) is 4.79 Å². The topological polar surface area (TPSA) is 78.4 Å². The van der Waals surface area contributed by atoms with Crippen LogP contribution in [-0.2, 0) is 11.3 Å². The number of carbonyl (C=O) groups excluding carboxylic acids is 1. The zero-order valence-corrected chi connectivity index (χ0v) is 18.5. The number of aromatic nitrogens is 1. The third-order valence-corrected chi connectivity index (χ3v) is 5.27. The lowest BCUT2D eigenvalue weighted by Gasteiger charge is -2.24. The van der Waals surface area contributed by atoms with Crippen LogP contribution in [0, 0.1) is 19.8 Å². The molecule has 0 spiro atoms. The molecule has 0 aliphatic heterocycles. The highest BCUT2D eigenvalue weighted by Crippen LogP contribution is 2.26. The number of thiazole rings is 1. The molecule has 1 saturated carbocycles. The molecule has 0 aromatic carbocycles. The number of hydrogen-bond acceptors (Lipinski definition) is 4. The van der Waals surface area contributed by atoms with Gasteiger partial charge in [0, 0.05) is 30.4 Å². The summed E-state index contributed by atoms with van der Waals surface area (Å²) in [7, 11) is 0. The predicted octanol–water partition coefficient (Wildman–Crippen LogP) is 2.74. The lowest BCUT2D eigenvalue weighted by Crippen LogP contribution is -2.39. The molecule has 0 unspecified atom stereocenters. The Hall–Kier alpha value is -0.900. The molecule has 0 bridgehead atoms. The predicted molar refractivity (Wildman–Crippen MR) is 115 cm³/mol. The van der Waals surface area contributed by atoms with Crippen molar-refractivity contribution in [1.29, 1.82) is 0 Å². The molecule has 25 heavy (non-hydrogen) atoms. The van der Waals surface area contributed by atoms with Crippen LogP contribution in [0.25, 0.3) is 0 Å². The van der Waals surface area contributed by atoms with Gasteiger partial charge < -0.3 is 16.0 Å². The average molecular weight is 479 g/mol. The van der Waals surface area contributed by atoms with Crippen LogP contribution in [0.5, 0.6) is 0 Å². The van der Waals surface area contributed by atoms with Gasteiger partial charge in [0.25, 0.3) is 0 Å². The first-order valence-corrected chi connectivity index (χ1v) is 9.64. The second kappa shape index (κ2) is 11.7. The van der Waals surface area contributed by atoms with E-state index in [2.05, 4.69) is 32.9 Å². The van der Waals surface area contributed by atoms with Gasteiger partial charge in [-0.25, -0.2) is 9.98 Å². The third-order valence-electron chi connectivity index (χ3n) is 4.21. The quantitative estimate of drug-likeness (QED) is 0.232. The first kappa shape index (κ1) is 22.1. The second-order valence-corrected chi connectivity index (χ2v) is 7.43. The number of rotatable bonds is 8. The molecule has 3 N–H and O–H groups in total. The number of guanidine groups is 1. The highest BCUT2D eigenvalue weighted by molar-refractivity contribution is 14.0. The Kier molecular flexibility index (Phi) is 10.3. The maximum Gasteiger partial charge on any atom is 0.223 e. The summed E-state index contributed by atoms with van der Waals surface area (Å²) in [6, 6.07) is 0. The maximum absolute atomic E-state index is 11.7. The molecular weight excluding hydrogens is 449 g/mol. The minimum atomic E-state index is 0. The van der Waals surface area contributed by atoms with Gasteiger partial charge in [0.1, 0.15) is 5.01 Å². The van der Waals surface area contributed by atoms with E-state index in [9.17, 15) is 4.79 Å². The number of carbonyl (C=O) groups is 1. The van der Waals surface area contributed by atoms with Gasteiger partial charge in [0.05, 0.1) is 12.2 Å². The van der Waals surface area contributed by atoms with E-state index in [0.717, 1.165) is 49.0 Å². The molecule has 1 aliphatic carbocycles. The van der Waals surface area contributed by atoms with Crippen molar-refractivity contribution < 1.29 is 4.79 Å². The molecule has 1 aliphatic rings. The van der Waals surface area contributed by atoms with Gasteiger partial charge in [-0.15, -0.1) is 35.3 Å². The Morgan fingerprint density at radius 2 is 1.96 bits per heavy atom. The Balaban J connectivity index is 0.00000312.